The normalized spacial score (nSPS) is 10.5. The molecular formula is C27H23ClN2O3. The van der Waals surface area contributed by atoms with Crippen molar-refractivity contribution in [2.75, 3.05) is 5.32 Å². The topological polar surface area (TPSA) is 73.6 Å². The van der Waals surface area contributed by atoms with Gasteiger partial charge >= 0.3 is 6.09 Å². The fraction of sp³-hybridized carbons (Fsp3) is 0.0741. The zero-order chi connectivity index (χ0) is 23.0. The number of halogens is 1. The van der Waals surface area contributed by atoms with Gasteiger partial charge in [0, 0.05) is 17.6 Å². The van der Waals surface area contributed by atoms with Gasteiger partial charge in [0.15, 0.2) is 5.75 Å². The predicted octanol–water partition coefficient (Wildman–Crippen LogP) is 7.01. The van der Waals surface area contributed by atoms with Gasteiger partial charge in [-0.3, -0.25) is 0 Å². The minimum Gasteiger partial charge on any atom is -0.455 e. The second-order valence-electron chi connectivity index (χ2n) is 7.41. The Morgan fingerprint density at radius 2 is 1.58 bits per heavy atom. The van der Waals surface area contributed by atoms with E-state index in [1.54, 1.807) is 12.1 Å². The van der Waals surface area contributed by atoms with Crippen LogP contribution in [-0.2, 0) is 17.9 Å². The van der Waals surface area contributed by atoms with E-state index in [-0.39, 0.29) is 6.61 Å². The maximum Gasteiger partial charge on any atom is 0.404 e. The van der Waals surface area contributed by atoms with Gasteiger partial charge in [0.25, 0.3) is 0 Å². The van der Waals surface area contributed by atoms with Gasteiger partial charge in [-0.1, -0.05) is 78.3 Å². The predicted molar refractivity (Wildman–Crippen MR) is 132 cm³/mol. The molecule has 4 aromatic carbocycles. The molecule has 0 saturated heterocycles. The number of hydrogen-bond donors (Lipinski definition) is 2. The van der Waals surface area contributed by atoms with Gasteiger partial charge in [0.1, 0.15) is 12.4 Å². The second kappa shape index (κ2) is 10.6. The molecule has 3 N–H and O–H groups in total. The van der Waals surface area contributed by atoms with Crippen LogP contribution < -0.4 is 15.8 Å². The van der Waals surface area contributed by atoms with E-state index in [0.29, 0.717) is 23.1 Å². The Kier molecular flexibility index (Phi) is 7.12. The van der Waals surface area contributed by atoms with Crippen molar-refractivity contribution in [2.45, 2.75) is 13.2 Å². The zero-order valence-corrected chi connectivity index (χ0v) is 18.6. The van der Waals surface area contributed by atoms with Gasteiger partial charge in [-0.15, -0.1) is 0 Å². The first-order valence-electron chi connectivity index (χ1n) is 10.4. The molecule has 5 nitrogen and oxygen atoms in total. The van der Waals surface area contributed by atoms with E-state index in [1.807, 2.05) is 48.5 Å². The van der Waals surface area contributed by atoms with Crippen LogP contribution >= 0.6 is 11.6 Å². The smallest absolute Gasteiger partial charge is 0.404 e. The number of ether oxygens (including phenoxy) is 2. The molecule has 0 heterocycles. The van der Waals surface area contributed by atoms with E-state index in [0.717, 1.165) is 16.8 Å². The summed E-state index contributed by atoms with van der Waals surface area (Å²) in [6, 6.07) is 31.4. The van der Waals surface area contributed by atoms with Gasteiger partial charge in [0.05, 0.1) is 5.69 Å². The van der Waals surface area contributed by atoms with Gasteiger partial charge < -0.3 is 20.5 Å². The van der Waals surface area contributed by atoms with Crippen molar-refractivity contribution in [3.63, 3.8) is 0 Å². The Hall–Kier alpha value is -3.96. The summed E-state index contributed by atoms with van der Waals surface area (Å²) >= 11 is 6.21. The summed E-state index contributed by atoms with van der Waals surface area (Å²) in [6.45, 7) is 0.700. The summed E-state index contributed by atoms with van der Waals surface area (Å²) in [4.78, 5) is 10.9. The molecule has 0 unspecified atom stereocenters. The third-order valence-corrected chi connectivity index (χ3v) is 5.23. The number of hydrogen-bond acceptors (Lipinski definition) is 4. The summed E-state index contributed by atoms with van der Waals surface area (Å²) in [6.07, 6.45) is -0.820. The van der Waals surface area contributed by atoms with Gasteiger partial charge in [-0.05, 0) is 46.5 Å². The number of carbonyl (C=O) groups excluding carboxylic acids is 1. The lowest BCUT2D eigenvalue weighted by molar-refractivity contribution is 0.150. The number of carbonyl (C=O) groups is 1. The van der Waals surface area contributed by atoms with E-state index < -0.39 is 6.09 Å². The number of nitrogens with two attached hydrogens (primary N) is 1. The van der Waals surface area contributed by atoms with Gasteiger partial charge in [-0.2, -0.15) is 0 Å². The molecule has 0 aliphatic carbocycles. The molecule has 6 heteroatoms. The fourth-order valence-corrected chi connectivity index (χ4v) is 3.51. The number of rotatable bonds is 8. The number of amides is 1. The second-order valence-corrected chi connectivity index (χ2v) is 7.85. The summed E-state index contributed by atoms with van der Waals surface area (Å²) < 4.78 is 10.9. The van der Waals surface area contributed by atoms with E-state index in [9.17, 15) is 4.79 Å². The van der Waals surface area contributed by atoms with E-state index in [2.05, 4.69) is 41.7 Å². The number of nitrogens with one attached hydrogen (secondary N) is 1. The third kappa shape index (κ3) is 6.28. The summed E-state index contributed by atoms with van der Waals surface area (Å²) in [5, 5.41) is 3.99. The van der Waals surface area contributed by atoms with E-state index in [1.165, 1.54) is 11.1 Å². The van der Waals surface area contributed by atoms with Gasteiger partial charge in [-0.25, -0.2) is 4.79 Å². The van der Waals surface area contributed by atoms with Gasteiger partial charge in [0.2, 0.25) is 0 Å². The van der Waals surface area contributed by atoms with Crippen molar-refractivity contribution in [3.05, 3.63) is 113 Å². The third-order valence-electron chi connectivity index (χ3n) is 5.00. The summed E-state index contributed by atoms with van der Waals surface area (Å²) in [7, 11) is 0. The Balaban J connectivity index is 1.45. The SMILES string of the molecule is NC(=O)OCc1cccc(Oc2cc(Cl)ccc2NCc2ccc(-c3ccccc3)cc2)c1. The molecule has 1 amide bonds. The maximum atomic E-state index is 10.9. The molecule has 0 aliphatic heterocycles. The molecule has 166 valence electrons. The first kappa shape index (κ1) is 22.2. The standard InChI is InChI=1S/C27H23ClN2O3/c28-23-13-14-25(26(16-23)33-24-8-4-5-20(15-24)18-32-27(29)31)30-17-19-9-11-22(12-10-19)21-6-2-1-3-7-21/h1-16,30H,17-18H2,(H2,29,31). The molecule has 0 fully saturated rings. The van der Waals surface area contributed by atoms with Crippen LogP contribution in [0.15, 0.2) is 97.1 Å². The number of primary amides is 1. The lowest BCUT2D eigenvalue weighted by Crippen LogP contribution is -2.12. The van der Waals surface area contributed by atoms with Crippen molar-refractivity contribution in [3.8, 4) is 22.6 Å². The minimum atomic E-state index is -0.820. The first-order chi connectivity index (χ1) is 16.1. The molecule has 4 aromatic rings. The molecule has 0 saturated carbocycles. The Morgan fingerprint density at radius 3 is 2.33 bits per heavy atom. The fourth-order valence-electron chi connectivity index (χ4n) is 3.35. The highest BCUT2D eigenvalue weighted by molar-refractivity contribution is 6.30. The van der Waals surface area contributed by atoms with Crippen LogP contribution in [0.25, 0.3) is 11.1 Å². The number of benzene rings is 4. The highest BCUT2D eigenvalue weighted by atomic mass is 35.5. The summed E-state index contributed by atoms with van der Waals surface area (Å²) in [5.74, 6) is 1.19. The minimum absolute atomic E-state index is 0.0756. The van der Waals surface area contributed by atoms with Crippen molar-refractivity contribution in [1.29, 1.82) is 0 Å². The molecule has 0 atom stereocenters. The highest BCUT2D eigenvalue weighted by Gasteiger charge is 2.08. The van der Waals surface area contributed by atoms with Crippen LogP contribution in [0.1, 0.15) is 11.1 Å². The van der Waals surface area contributed by atoms with Crippen LogP contribution in [0, 0.1) is 0 Å². The molecule has 0 aliphatic rings. The molecule has 33 heavy (non-hydrogen) atoms. The Labute approximate surface area is 197 Å². The average Bonchev–Trinajstić information content (AvgIpc) is 2.83. The Morgan fingerprint density at radius 1 is 0.818 bits per heavy atom. The molecule has 4 rings (SSSR count). The van der Waals surface area contributed by atoms with Crippen molar-refractivity contribution < 1.29 is 14.3 Å². The lowest BCUT2D eigenvalue weighted by Gasteiger charge is -2.14. The molecule has 0 radical (unpaired) electrons. The summed E-state index contributed by atoms with van der Waals surface area (Å²) in [5.41, 5.74) is 10.1. The van der Waals surface area contributed by atoms with Crippen LogP contribution in [-0.4, -0.2) is 6.09 Å². The quantitative estimate of drug-likeness (QED) is 0.298. The van der Waals surface area contributed by atoms with Crippen LogP contribution in [0.4, 0.5) is 10.5 Å². The molecule has 0 aromatic heterocycles. The zero-order valence-electron chi connectivity index (χ0n) is 17.8. The van der Waals surface area contributed by atoms with Crippen molar-refractivity contribution in [2.24, 2.45) is 5.73 Å². The lowest BCUT2D eigenvalue weighted by atomic mass is 10.0. The van der Waals surface area contributed by atoms with Crippen LogP contribution in [0.2, 0.25) is 5.02 Å². The molecule has 0 spiro atoms. The van der Waals surface area contributed by atoms with Crippen LogP contribution in [0.5, 0.6) is 11.5 Å². The van der Waals surface area contributed by atoms with E-state index in [4.69, 9.17) is 26.8 Å². The van der Waals surface area contributed by atoms with Crippen LogP contribution in [0.3, 0.4) is 0 Å². The highest BCUT2D eigenvalue weighted by Crippen LogP contribution is 2.33. The number of anilines is 1. The Bertz CT molecular complexity index is 1230. The van der Waals surface area contributed by atoms with Crippen molar-refractivity contribution >= 4 is 23.4 Å². The van der Waals surface area contributed by atoms with Crippen molar-refractivity contribution in [1.82, 2.24) is 0 Å². The molecule has 0 bridgehead atoms. The average molecular weight is 459 g/mol. The maximum absolute atomic E-state index is 10.9. The first-order valence-corrected chi connectivity index (χ1v) is 10.8. The monoisotopic (exact) mass is 458 g/mol. The molecular weight excluding hydrogens is 436 g/mol. The largest absolute Gasteiger partial charge is 0.455 e. The van der Waals surface area contributed by atoms with E-state index >= 15 is 0 Å².